The number of carbonyl (C=O) groups excluding carboxylic acids is 1. The van der Waals surface area contributed by atoms with Crippen LogP contribution in [0.3, 0.4) is 0 Å². The standard InChI is InChI=1S/C21H29N3O4/c1-4-17(28-19-8-6-5-7-18(19)27-3)20(25)23-12-9-21(26,10-13-23)15-24-14-11-22-16(24)2/h5-8,11,14,17,26H,4,9-10,12-13,15H2,1-3H3. The number of aliphatic hydroxyl groups is 1. The summed E-state index contributed by atoms with van der Waals surface area (Å²) in [7, 11) is 1.58. The molecule has 7 nitrogen and oxygen atoms in total. The molecule has 1 saturated heterocycles. The Kier molecular flexibility index (Phi) is 6.24. The molecule has 1 aromatic heterocycles. The van der Waals surface area contributed by atoms with Crippen molar-refractivity contribution < 1.29 is 19.4 Å². The minimum atomic E-state index is -0.826. The number of amides is 1. The van der Waals surface area contributed by atoms with E-state index in [2.05, 4.69) is 4.98 Å². The van der Waals surface area contributed by atoms with Crippen LogP contribution in [-0.4, -0.2) is 57.4 Å². The van der Waals surface area contributed by atoms with Crippen molar-refractivity contribution in [1.29, 1.82) is 0 Å². The number of likely N-dealkylation sites (tertiary alicyclic amines) is 1. The van der Waals surface area contributed by atoms with Crippen molar-refractivity contribution in [1.82, 2.24) is 14.5 Å². The lowest BCUT2D eigenvalue weighted by Crippen LogP contribution is -2.51. The first kappa shape index (κ1) is 20.2. The molecule has 2 heterocycles. The maximum Gasteiger partial charge on any atom is 0.263 e. The van der Waals surface area contributed by atoms with Crippen LogP contribution in [0, 0.1) is 6.92 Å². The monoisotopic (exact) mass is 387 g/mol. The summed E-state index contributed by atoms with van der Waals surface area (Å²) in [6, 6.07) is 7.33. The molecule has 1 atom stereocenters. The summed E-state index contributed by atoms with van der Waals surface area (Å²) in [5, 5.41) is 10.9. The zero-order chi connectivity index (χ0) is 20.1. The second-order valence-corrected chi connectivity index (χ2v) is 7.32. The fourth-order valence-corrected chi connectivity index (χ4v) is 3.57. The van der Waals surface area contributed by atoms with Gasteiger partial charge in [0.2, 0.25) is 0 Å². The lowest BCUT2D eigenvalue weighted by atomic mass is 9.91. The Morgan fingerprint density at radius 1 is 1.29 bits per heavy atom. The number of para-hydroxylation sites is 2. The molecule has 1 aliphatic rings. The normalized spacial score (nSPS) is 17.2. The van der Waals surface area contributed by atoms with Crippen molar-refractivity contribution in [3.8, 4) is 11.5 Å². The smallest absolute Gasteiger partial charge is 0.263 e. The number of rotatable bonds is 7. The summed E-state index contributed by atoms with van der Waals surface area (Å²) in [5.41, 5.74) is -0.826. The molecule has 3 rings (SSSR count). The zero-order valence-corrected chi connectivity index (χ0v) is 16.8. The van der Waals surface area contributed by atoms with E-state index in [1.165, 1.54) is 0 Å². The van der Waals surface area contributed by atoms with Crippen molar-refractivity contribution in [2.24, 2.45) is 0 Å². The van der Waals surface area contributed by atoms with Gasteiger partial charge < -0.3 is 24.0 Å². The fourth-order valence-electron chi connectivity index (χ4n) is 3.57. The largest absolute Gasteiger partial charge is 0.493 e. The first-order valence-electron chi connectivity index (χ1n) is 9.74. The van der Waals surface area contributed by atoms with Crippen molar-refractivity contribution in [2.45, 2.75) is 51.4 Å². The van der Waals surface area contributed by atoms with Crippen molar-refractivity contribution in [3.05, 3.63) is 42.5 Å². The molecule has 1 unspecified atom stereocenters. The van der Waals surface area contributed by atoms with Crippen LogP contribution in [0.2, 0.25) is 0 Å². The van der Waals surface area contributed by atoms with E-state index in [9.17, 15) is 9.90 Å². The van der Waals surface area contributed by atoms with Gasteiger partial charge in [0.15, 0.2) is 17.6 Å². The number of piperidine rings is 1. The van der Waals surface area contributed by atoms with Gasteiger partial charge in [0.25, 0.3) is 5.91 Å². The van der Waals surface area contributed by atoms with Gasteiger partial charge in [-0.15, -0.1) is 0 Å². The molecule has 2 aromatic rings. The van der Waals surface area contributed by atoms with Crippen LogP contribution >= 0.6 is 0 Å². The van der Waals surface area contributed by atoms with Crippen molar-refractivity contribution in [2.75, 3.05) is 20.2 Å². The predicted octanol–water partition coefficient (Wildman–Crippen LogP) is 2.41. The number of ether oxygens (including phenoxy) is 2. The molecule has 1 N–H and O–H groups in total. The number of hydrogen-bond acceptors (Lipinski definition) is 5. The summed E-state index contributed by atoms with van der Waals surface area (Å²) < 4.78 is 13.2. The Hall–Kier alpha value is -2.54. The summed E-state index contributed by atoms with van der Waals surface area (Å²) >= 11 is 0. The molecule has 0 bridgehead atoms. The zero-order valence-electron chi connectivity index (χ0n) is 16.8. The van der Waals surface area contributed by atoms with E-state index in [1.807, 2.05) is 42.8 Å². The molecule has 0 radical (unpaired) electrons. The molecule has 1 fully saturated rings. The van der Waals surface area contributed by atoms with Gasteiger partial charge >= 0.3 is 0 Å². The van der Waals surface area contributed by atoms with Gasteiger partial charge in [-0.2, -0.15) is 0 Å². The number of nitrogens with zero attached hydrogens (tertiary/aromatic N) is 3. The van der Waals surface area contributed by atoms with E-state index >= 15 is 0 Å². The third kappa shape index (κ3) is 4.47. The Balaban J connectivity index is 1.61. The molecular formula is C21H29N3O4. The summed E-state index contributed by atoms with van der Waals surface area (Å²) in [6.07, 6.45) is 4.66. The van der Waals surface area contributed by atoms with Gasteiger partial charge in [-0.3, -0.25) is 4.79 Å². The third-order valence-corrected chi connectivity index (χ3v) is 5.38. The second-order valence-electron chi connectivity index (χ2n) is 7.32. The molecule has 0 saturated carbocycles. The quantitative estimate of drug-likeness (QED) is 0.790. The SMILES string of the molecule is CCC(Oc1ccccc1OC)C(=O)N1CCC(O)(Cn2ccnc2C)CC1. The Morgan fingerprint density at radius 2 is 1.96 bits per heavy atom. The first-order valence-corrected chi connectivity index (χ1v) is 9.74. The number of carbonyl (C=O) groups is 1. The van der Waals surface area contributed by atoms with E-state index < -0.39 is 11.7 Å². The second kappa shape index (κ2) is 8.65. The molecule has 7 heteroatoms. The van der Waals surface area contributed by atoms with Gasteiger partial charge in [0.05, 0.1) is 19.3 Å². The fraction of sp³-hybridized carbons (Fsp3) is 0.524. The number of aryl methyl sites for hydroxylation is 1. The molecule has 1 amide bonds. The Labute approximate surface area is 165 Å². The highest BCUT2D eigenvalue weighted by molar-refractivity contribution is 5.81. The maximum atomic E-state index is 13.0. The van der Waals surface area contributed by atoms with Crippen molar-refractivity contribution >= 4 is 5.91 Å². The minimum absolute atomic E-state index is 0.0470. The number of methoxy groups -OCH3 is 1. The van der Waals surface area contributed by atoms with E-state index in [-0.39, 0.29) is 5.91 Å². The third-order valence-electron chi connectivity index (χ3n) is 5.38. The van der Waals surface area contributed by atoms with Crippen LogP contribution in [0.25, 0.3) is 0 Å². The summed E-state index contributed by atoms with van der Waals surface area (Å²) in [6.45, 7) is 5.36. The summed E-state index contributed by atoms with van der Waals surface area (Å²) in [4.78, 5) is 19.0. The highest BCUT2D eigenvalue weighted by Gasteiger charge is 2.36. The van der Waals surface area contributed by atoms with E-state index in [4.69, 9.17) is 9.47 Å². The van der Waals surface area contributed by atoms with Gasteiger partial charge in [0.1, 0.15) is 5.82 Å². The predicted molar refractivity (Wildman–Crippen MR) is 105 cm³/mol. The maximum absolute atomic E-state index is 13.0. The van der Waals surface area contributed by atoms with Crippen LogP contribution in [-0.2, 0) is 11.3 Å². The van der Waals surface area contributed by atoms with Gasteiger partial charge in [-0.1, -0.05) is 19.1 Å². The van der Waals surface area contributed by atoms with Crippen LogP contribution in [0.1, 0.15) is 32.0 Å². The highest BCUT2D eigenvalue weighted by Crippen LogP contribution is 2.29. The topological polar surface area (TPSA) is 76.8 Å². The lowest BCUT2D eigenvalue weighted by molar-refractivity contribution is -0.143. The van der Waals surface area contributed by atoms with E-state index in [0.29, 0.717) is 50.4 Å². The lowest BCUT2D eigenvalue weighted by Gasteiger charge is -2.39. The van der Waals surface area contributed by atoms with Crippen LogP contribution in [0.15, 0.2) is 36.7 Å². The van der Waals surface area contributed by atoms with Crippen LogP contribution in [0.4, 0.5) is 0 Å². The first-order chi connectivity index (χ1) is 13.5. The Morgan fingerprint density at radius 3 is 2.54 bits per heavy atom. The molecule has 0 aliphatic carbocycles. The van der Waals surface area contributed by atoms with Gasteiger partial charge in [-0.25, -0.2) is 4.98 Å². The average molecular weight is 387 g/mol. The van der Waals surface area contributed by atoms with Crippen LogP contribution in [0.5, 0.6) is 11.5 Å². The molecule has 28 heavy (non-hydrogen) atoms. The molecule has 1 aliphatic heterocycles. The summed E-state index contributed by atoms with van der Waals surface area (Å²) in [5.74, 6) is 2.00. The Bertz CT molecular complexity index is 796. The number of imidazole rings is 1. The number of hydrogen-bond donors (Lipinski definition) is 1. The molecular weight excluding hydrogens is 358 g/mol. The number of benzene rings is 1. The van der Waals surface area contributed by atoms with Crippen molar-refractivity contribution in [3.63, 3.8) is 0 Å². The van der Waals surface area contributed by atoms with Gasteiger partial charge in [-0.05, 0) is 38.3 Å². The van der Waals surface area contributed by atoms with E-state index in [1.54, 1.807) is 24.3 Å². The number of aromatic nitrogens is 2. The molecule has 152 valence electrons. The van der Waals surface area contributed by atoms with Crippen LogP contribution < -0.4 is 9.47 Å². The minimum Gasteiger partial charge on any atom is -0.493 e. The molecule has 0 spiro atoms. The van der Waals surface area contributed by atoms with E-state index in [0.717, 1.165) is 5.82 Å². The van der Waals surface area contributed by atoms with Gasteiger partial charge in [0, 0.05) is 25.5 Å². The average Bonchev–Trinajstić information content (AvgIpc) is 3.10. The highest BCUT2D eigenvalue weighted by atomic mass is 16.5. The molecule has 1 aromatic carbocycles.